The SMILES string of the molecule is NC(N)=NCCNC(=O)c1ccc(C(=O)Nc2ccc3[nH]c(C(=O)NCCN=C(N)N)cc3c2)cc1. The van der Waals surface area contributed by atoms with Crippen molar-refractivity contribution in [2.24, 2.45) is 32.9 Å². The molecule has 3 rings (SSSR count). The summed E-state index contributed by atoms with van der Waals surface area (Å²) in [7, 11) is 0. The molecule has 188 valence electrons. The summed E-state index contributed by atoms with van der Waals surface area (Å²) in [5, 5.41) is 8.95. The topological polar surface area (TPSA) is 232 Å². The van der Waals surface area contributed by atoms with Crippen LogP contribution in [0.5, 0.6) is 0 Å². The van der Waals surface area contributed by atoms with Crippen molar-refractivity contribution in [3.05, 3.63) is 65.4 Å². The number of aromatic amines is 1. The molecule has 0 radical (unpaired) electrons. The van der Waals surface area contributed by atoms with Gasteiger partial charge in [0, 0.05) is 40.8 Å². The van der Waals surface area contributed by atoms with Crippen molar-refractivity contribution >= 4 is 46.2 Å². The summed E-state index contributed by atoms with van der Waals surface area (Å²) < 4.78 is 0. The van der Waals surface area contributed by atoms with Crippen molar-refractivity contribution < 1.29 is 14.4 Å². The monoisotopic (exact) mass is 492 g/mol. The van der Waals surface area contributed by atoms with Crippen molar-refractivity contribution in [1.82, 2.24) is 15.6 Å². The number of nitrogens with zero attached hydrogens (tertiary/aromatic N) is 2. The number of amides is 3. The third-order valence-electron chi connectivity index (χ3n) is 4.92. The minimum absolute atomic E-state index is 0.0399. The quantitative estimate of drug-likeness (QED) is 0.104. The van der Waals surface area contributed by atoms with Crippen LogP contribution in [0.3, 0.4) is 0 Å². The smallest absolute Gasteiger partial charge is 0.267 e. The van der Waals surface area contributed by atoms with E-state index in [2.05, 4.69) is 30.9 Å². The van der Waals surface area contributed by atoms with Gasteiger partial charge in [-0.05, 0) is 48.5 Å². The van der Waals surface area contributed by atoms with Crippen LogP contribution in [-0.2, 0) is 0 Å². The zero-order valence-corrected chi connectivity index (χ0v) is 19.4. The molecule has 0 saturated carbocycles. The number of hydrogen-bond acceptors (Lipinski definition) is 5. The molecule has 0 saturated heterocycles. The first-order chi connectivity index (χ1) is 17.2. The highest BCUT2D eigenvalue weighted by molar-refractivity contribution is 6.06. The van der Waals surface area contributed by atoms with E-state index in [1.807, 2.05) is 0 Å². The first kappa shape index (κ1) is 25.6. The van der Waals surface area contributed by atoms with Gasteiger partial charge in [0.2, 0.25) is 0 Å². The number of aromatic nitrogens is 1. The number of nitrogens with one attached hydrogen (secondary N) is 4. The summed E-state index contributed by atoms with van der Waals surface area (Å²) in [6, 6.07) is 13.1. The predicted octanol–water partition coefficient (Wildman–Crippen LogP) is -0.573. The highest BCUT2D eigenvalue weighted by Gasteiger charge is 2.12. The van der Waals surface area contributed by atoms with Crippen LogP contribution in [0.4, 0.5) is 5.69 Å². The molecular formula is C23H28N10O3. The maximum absolute atomic E-state index is 12.7. The van der Waals surface area contributed by atoms with Gasteiger partial charge in [-0.2, -0.15) is 0 Å². The lowest BCUT2D eigenvalue weighted by Gasteiger charge is -2.07. The van der Waals surface area contributed by atoms with E-state index in [1.165, 1.54) is 0 Å². The fourth-order valence-corrected chi connectivity index (χ4v) is 3.22. The highest BCUT2D eigenvalue weighted by Crippen LogP contribution is 2.21. The van der Waals surface area contributed by atoms with E-state index in [0.29, 0.717) is 22.5 Å². The predicted molar refractivity (Wildman–Crippen MR) is 139 cm³/mol. The number of rotatable bonds is 10. The lowest BCUT2D eigenvalue weighted by atomic mass is 10.1. The number of anilines is 1. The van der Waals surface area contributed by atoms with Crippen LogP contribution < -0.4 is 38.9 Å². The first-order valence-electron chi connectivity index (χ1n) is 10.9. The maximum atomic E-state index is 12.7. The molecule has 12 N–H and O–H groups in total. The van der Waals surface area contributed by atoms with Gasteiger partial charge in [-0.3, -0.25) is 24.4 Å². The number of hydrogen-bond donors (Lipinski definition) is 8. The fourth-order valence-electron chi connectivity index (χ4n) is 3.22. The Morgan fingerprint density at radius 1 is 0.722 bits per heavy atom. The third kappa shape index (κ3) is 7.21. The van der Waals surface area contributed by atoms with Crippen molar-refractivity contribution in [3.8, 4) is 0 Å². The van der Waals surface area contributed by atoms with Gasteiger partial charge in [0.25, 0.3) is 17.7 Å². The molecule has 0 aliphatic carbocycles. The first-order valence-corrected chi connectivity index (χ1v) is 10.9. The molecule has 0 bridgehead atoms. The Morgan fingerprint density at radius 2 is 1.28 bits per heavy atom. The van der Waals surface area contributed by atoms with Gasteiger partial charge in [-0.25, -0.2) is 0 Å². The van der Waals surface area contributed by atoms with Crippen LogP contribution in [-0.4, -0.2) is 60.8 Å². The second-order valence-electron chi connectivity index (χ2n) is 7.64. The average Bonchev–Trinajstić information content (AvgIpc) is 3.27. The average molecular weight is 493 g/mol. The molecule has 0 fully saturated rings. The van der Waals surface area contributed by atoms with Crippen LogP contribution in [0.15, 0.2) is 58.5 Å². The van der Waals surface area contributed by atoms with Crippen molar-refractivity contribution in [2.45, 2.75) is 0 Å². The minimum Gasteiger partial charge on any atom is -0.370 e. The van der Waals surface area contributed by atoms with Crippen LogP contribution in [0.25, 0.3) is 10.9 Å². The standard InChI is InChI=1S/C23H28N10O3/c24-22(25)30-9-7-28-19(34)13-1-3-14(4-2-13)20(35)32-16-5-6-17-15(11-16)12-18(33-17)21(36)29-8-10-31-23(26)27/h1-6,11-12,33H,7-10H2,(H,28,34)(H,29,36)(H,32,35)(H4,24,25,30)(H4,26,27,31). The molecule has 0 unspecified atom stereocenters. The number of carbonyl (C=O) groups excluding carboxylic acids is 3. The zero-order chi connectivity index (χ0) is 26.1. The van der Waals surface area contributed by atoms with Crippen LogP contribution in [0.2, 0.25) is 0 Å². The molecule has 0 atom stereocenters. The number of H-pyrrole nitrogens is 1. The van der Waals surface area contributed by atoms with Gasteiger partial charge < -0.3 is 43.9 Å². The van der Waals surface area contributed by atoms with E-state index in [-0.39, 0.29) is 55.8 Å². The summed E-state index contributed by atoms with van der Waals surface area (Å²) >= 11 is 0. The van der Waals surface area contributed by atoms with Gasteiger partial charge in [0.05, 0.1) is 13.1 Å². The summed E-state index contributed by atoms with van der Waals surface area (Å²) in [5.74, 6) is -1.04. The van der Waals surface area contributed by atoms with E-state index in [1.54, 1.807) is 48.5 Å². The zero-order valence-electron chi connectivity index (χ0n) is 19.4. The highest BCUT2D eigenvalue weighted by atomic mass is 16.2. The summed E-state index contributed by atoms with van der Waals surface area (Å²) in [6.07, 6.45) is 0. The van der Waals surface area contributed by atoms with E-state index >= 15 is 0 Å². The van der Waals surface area contributed by atoms with Gasteiger partial charge in [0.15, 0.2) is 11.9 Å². The summed E-state index contributed by atoms with van der Waals surface area (Å²) in [5.41, 5.74) is 23.4. The third-order valence-corrected chi connectivity index (χ3v) is 4.92. The van der Waals surface area contributed by atoms with Crippen LogP contribution >= 0.6 is 0 Å². The molecule has 13 heteroatoms. The summed E-state index contributed by atoms with van der Waals surface area (Å²) in [6.45, 7) is 1.11. The number of fused-ring (bicyclic) bond motifs is 1. The molecule has 3 aromatic rings. The molecule has 1 aromatic heterocycles. The fraction of sp³-hybridized carbons (Fsp3) is 0.174. The number of carbonyl (C=O) groups is 3. The van der Waals surface area contributed by atoms with Gasteiger partial charge in [-0.15, -0.1) is 0 Å². The molecule has 13 nitrogen and oxygen atoms in total. The van der Waals surface area contributed by atoms with Gasteiger partial charge >= 0.3 is 0 Å². The normalized spacial score (nSPS) is 10.3. The van der Waals surface area contributed by atoms with Crippen LogP contribution in [0.1, 0.15) is 31.2 Å². The summed E-state index contributed by atoms with van der Waals surface area (Å²) in [4.78, 5) is 47.8. The maximum Gasteiger partial charge on any atom is 0.267 e. The molecule has 0 spiro atoms. The van der Waals surface area contributed by atoms with Crippen molar-refractivity contribution in [3.63, 3.8) is 0 Å². The lowest BCUT2D eigenvalue weighted by molar-refractivity contribution is 0.0944. The Hall–Kier alpha value is -5.07. The van der Waals surface area contributed by atoms with E-state index < -0.39 is 0 Å². The largest absolute Gasteiger partial charge is 0.370 e. The molecule has 0 aliphatic rings. The van der Waals surface area contributed by atoms with Crippen molar-refractivity contribution in [2.75, 3.05) is 31.5 Å². The lowest BCUT2D eigenvalue weighted by Crippen LogP contribution is -2.28. The Bertz CT molecular complexity index is 1300. The molecule has 36 heavy (non-hydrogen) atoms. The second kappa shape index (κ2) is 11.9. The van der Waals surface area contributed by atoms with Gasteiger partial charge in [-0.1, -0.05) is 0 Å². The number of guanidine groups is 2. The molecule has 1 heterocycles. The second-order valence-corrected chi connectivity index (χ2v) is 7.64. The molecule has 2 aromatic carbocycles. The number of nitrogens with two attached hydrogens (primary N) is 4. The van der Waals surface area contributed by atoms with Crippen LogP contribution in [0, 0.1) is 0 Å². The Balaban J connectivity index is 1.58. The van der Waals surface area contributed by atoms with E-state index in [4.69, 9.17) is 22.9 Å². The minimum atomic E-state index is -0.345. The molecule has 3 amide bonds. The number of benzene rings is 2. The Morgan fingerprint density at radius 3 is 1.86 bits per heavy atom. The Labute approximate surface area is 206 Å². The van der Waals surface area contributed by atoms with Crippen molar-refractivity contribution in [1.29, 1.82) is 0 Å². The van der Waals surface area contributed by atoms with Gasteiger partial charge in [0.1, 0.15) is 5.69 Å². The van der Waals surface area contributed by atoms with E-state index in [0.717, 1.165) is 10.9 Å². The molecule has 0 aliphatic heterocycles. The number of aliphatic imine (C=N–C) groups is 2. The Kier molecular flexibility index (Phi) is 8.43. The van der Waals surface area contributed by atoms with E-state index in [9.17, 15) is 14.4 Å². The molecular weight excluding hydrogens is 464 g/mol.